The average Bonchev–Trinajstić information content (AvgIpc) is 2.96. The van der Waals surface area contributed by atoms with Crippen LogP contribution in [0.25, 0.3) is 0 Å². The van der Waals surface area contributed by atoms with Gasteiger partial charge in [-0.3, -0.25) is 4.79 Å². The van der Waals surface area contributed by atoms with Crippen LogP contribution in [0.4, 0.5) is 0 Å². The predicted molar refractivity (Wildman–Crippen MR) is 98.4 cm³/mol. The lowest BCUT2D eigenvalue weighted by molar-refractivity contribution is -0.128. The molecule has 0 aromatic heterocycles. The van der Waals surface area contributed by atoms with E-state index in [0.717, 1.165) is 28.5 Å². The summed E-state index contributed by atoms with van der Waals surface area (Å²) in [6.45, 7) is 9.21. The van der Waals surface area contributed by atoms with E-state index in [9.17, 15) is 4.79 Å². The van der Waals surface area contributed by atoms with Gasteiger partial charge in [0.2, 0.25) is 0 Å². The number of rotatable bonds is 2. The molecule has 0 radical (unpaired) electrons. The number of carbonyl (C=O) groups is 1. The molecular formula is C21H33BrO. The Morgan fingerprint density at radius 3 is 1.87 bits per heavy atom. The van der Waals surface area contributed by atoms with E-state index in [1.54, 1.807) is 0 Å². The summed E-state index contributed by atoms with van der Waals surface area (Å²) in [6.07, 6.45) is 6.94. The zero-order valence-electron chi connectivity index (χ0n) is 15.2. The third-order valence-corrected chi connectivity index (χ3v) is 9.29. The minimum atomic E-state index is 0.357. The molecule has 0 aliphatic heterocycles. The molecule has 4 aliphatic carbocycles. The van der Waals surface area contributed by atoms with E-state index in [1.165, 1.54) is 32.1 Å². The Hall–Kier alpha value is 0.150. The maximum absolute atomic E-state index is 13.3. The standard InChI is InChI=1S/C21H33BrO/c1-10(2)16-19-13-7-5-6-12-15(22)9-8-14(18(12)13)20(19)17(11(3)4)21(16)23/h10-20H,5-9H2,1-4H3. The molecule has 0 saturated heterocycles. The quantitative estimate of drug-likeness (QED) is 0.572. The van der Waals surface area contributed by atoms with E-state index in [-0.39, 0.29) is 0 Å². The third kappa shape index (κ3) is 2.26. The Morgan fingerprint density at radius 1 is 0.783 bits per heavy atom. The van der Waals surface area contributed by atoms with Gasteiger partial charge >= 0.3 is 0 Å². The first-order valence-corrected chi connectivity index (χ1v) is 11.0. The van der Waals surface area contributed by atoms with Crippen molar-refractivity contribution in [1.82, 2.24) is 0 Å². The molecule has 0 heterocycles. The molecule has 4 rings (SSSR count). The van der Waals surface area contributed by atoms with Crippen LogP contribution in [0.5, 0.6) is 0 Å². The van der Waals surface area contributed by atoms with Gasteiger partial charge in [-0.1, -0.05) is 50.0 Å². The van der Waals surface area contributed by atoms with Crippen molar-refractivity contribution in [2.24, 2.45) is 59.2 Å². The summed E-state index contributed by atoms with van der Waals surface area (Å²) in [5.41, 5.74) is 0. The van der Waals surface area contributed by atoms with Crippen LogP contribution in [0.2, 0.25) is 0 Å². The van der Waals surface area contributed by atoms with Crippen LogP contribution >= 0.6 is 15.9 Å². The van der Waals surface area contributed by atoms with E-state index in [1.807, 2.05) is 0 Å². The lowest BCUT2D eigenvalue weighted by atomic mass is 9.61. The number of carbonyl (C=O) groups excluding carboxylic acids is 1. The maximum Gasteiger partial charge on any atom is 0.140 e. The van der Waals surface area contributed by atoms with Crippen molar-refractivity contribution in [2.75, 3.05) is 0 Å². The Morgan fingerprint density at radius 2 is 1.30 bits per heavy atom. The molecule has 1 nitrogen and oxygen atoms in total. The fraction of sp³-hybridized carbons (Fsp3) is 0.952. The first-order chi connectivity index (χ1) is 10.9. The molecular weight excluding hydrogens is 348 g/mol. The second kappa shape index (κ2) is 5.85. The molecule has 0 spiro atoms. The highest BCUT2D eigenvalue weighted by Gasteiger charge is 2.65. The fourth-order valence-electron chi connectivity index (χ4n) is 7.73. The Kier molecular flexibility index (Phi) is 4.23. The third-order valence-electron chi connectivity index (χ3n) is 8.15. The smallest absolute Gasteiger partial charge is 0.140 e. The van der Waals surface area contributed by atoms with Crippen LogP contribution in [0, 0.1) is 59.2 Å². The van der Waals surface area contributed by atoms with Gasteiger partial charge in [-0.15, -0.1) is 0 Å². The molecule has 23 heavy (non-hydrogen) atoms. The van der Waals surface area contributed by atoms with Gasteiger partial charge < -0.3 is 0 Å². The van der Waals surface area contributed by atoms with Crippen molar-refractivity contribution in [2.45, 2.75) is 64.6 Å². The first kappa shape index (κ1) is 16.6. The summed E-state index contributed by atoms with van der Waals surface area (Å²) in [5.74, 6) is 7.36. The van der Waals surface area contributed by atoms with Gasteiger partial charge in [0.1, 0.15) is 5.78 Å². The average molecular weight is 381 g/mol. The predicted octanol–water partition coefficient (Wildman–Crippen LogP) is 5.57. The summed E-state index contributed by atoms with van der Waals surface area (Å²) < 4.78 is 0. The van der Waals surface area contributed by atoms with E-state index >= 15 is 0 Å². The van der Waals surface area contributed by atoms with E-state index in [2.05, 4.69) is 43.6 Å². The lowest BCUT2D eigenvalue weighted by Gasteiger charge is -2.46. The van der Waals surface area contributed by atoms with Crippen molar-refractivity contribution in [1.29, 1.82) is 0 Å². The van der Waals surface area contributed by atoms with E-state index in [4.69, 9.17) is 0 Å². The topological polar surface area (TPSA) is 17.1 Å². The number of fused-ring (bicyclic) bond motifs is 3. The van der Waals surface area contributed by atoms with Crippen molar-refractivity contribution >= 4 is 21.7 Å². The molecule has 0 aromatic rings. The second-order valence-electron chi connectivity index (χ2n) is 9.69. The lowest BCUT2D eigenvalue weighted by Crippen LogP contribution is -2.42. The van der Waals surface area contributed by atoms with Crippen LogP contribution in [0.15, 0.2) is 0 Å². The number of alkyl halides is 1. The summed E-state index contributed by atoms with van der Waals surface area (Å²) in [7, 11) is 0. The Bertz CT molecular complexity index is 458. The SMILES string of the molecule is CC(C)C1C(=O)C(C(C)C)C2C3CCC(Br)C4CCCC(C43)C12. The zero-order valence-corrected chi connectivity index (χ0v) is 16.8. The molecule has 0 aromatic carbocycles. The number of ketones is 1. The molecule has 9 atom stereocenters. The zero-order chi connectivity index (χ0) is 16.5. The van der Waals surface area contributed by atoms with E-state index in [0.29, 0.717) is 41.3 Å². The minimum absolute atomic E-state index is 0.357. The van der Waals surface area contributed by atoms with E-state index < -0.39 is 0 Å². The van der Waals surface area contributed by atoms with Gasteiger partial charge in [0, 0.05) is 16.7 Å². The van der Waals surface area contributed by atoms with Crippen molar-refractivity contribution in [3.63, 3.8) is 0 Å². The van der Waals surface area contributed by atoms with Gasteiger partial charge in [0.05, 0.1) is 0 Å². The fourth-order valence-corrected chi connectivity index (χ4v) is 8.62. The van der Waals surface area contributed by atoms with Crippen LogP contribution in [0.1, 0.15) is 59.8 Å². The highest BCUT2D eigenvalue weighted by atomic mass is 79.9. The van der Waals surface area contributed by atoms with Crippen molar-refractivity contribution in [3.8, 4) is 0 Å². The molecule has 9 unspecified atom stereocenters. The number of hydrogen-bond acceptors (Lipinski definition) is 1. The number of hydrogen-bond donors (Lipinski definition) is 0. The van der Waals surface area contributed by atoms with Gasteiger partial charge in [0.25, 0.3) is 0 Å². The summed E-state index contributed by atoms with van der Waals surface area (Å²) in [6, 6.07) is 0. The van der Waals surface area contributed by atoms with Gasteiger partial charge in [-0.05, 0) is 73.0 Å². The highest BCUT2D eigenvalue weighted by Crippen LogP contribution is 2.67. The summed E-state index contributed by atoms with van der Waals surface area (Å²) in [5, 5.41) is 0. The number of Topliss-reactive ketones (excluding diaryl/α,β-unsaturated/α-hetero) is 1. The van der Waals surface area contributed by atoms with Crippen molar-refractivity contribution < 1.29 is 4.79 Å². The monoisotopic (exact) mass is 380 g/mol. The molecule has 4 aliphatic rings. The van der Waals surface area contributed by atoms with Crippen LogP contribution in [0.3, 0.4) is 0 Å². The van der Waals surface area contributed by atoms with Gasteiger partial charge in [-0.25, -0.2) is 0 Å². The first-order valence-electron chi connectivity index (χ1n) is 10.1. The molecule has 4 saturated carbocycles. The molecule has 2 heteroatoms. The Labute approximate surface area is 150 Å². The molecule has 4 fully saturated rings. The normalized spacial score (nSPS) is 52.1. The maximum atomic E-state index is 13.3. The van der Waals surface area contributed by atoms with Crippen molar-refractivity contribution in [3.05, 3.63) is 0 Å². The summed E-state index contributed by atoms with van der Waals surface area (Å²) in [4.78, 5) is 14.0. The molecule has 0 bridgehead atoms. The van der Waals surface area contributed by atoms with Crippen LogP contribution < -0.4 is 0 Å². The molecule has 130 valence electrons. The molecule has 0 amide bonds. The van der Waals surface area contributed by atoms with Crippen LogP contribution in [-0.2, 0) is 4.79 Å². The minimum Gasteiger partial charge on any atom is -0.299 e. The van der Waals surface area contributed by atoms with Crippen LogP contribution in [-0.4, -0.2) is 10.6 Å². The molecule has 0 N–H and O–H groups in total. The second-order valence-corrected chi connectivity index (χ2v) is 10.9. The largest absolute Gasteiger partial charge is 0.299 e. The number of halogens is 1. The van der Waals surface area contributed by atoms with Gasteiger partial charge in [-0.2, -0.15) is 0 Å². The van der Waals surface area contributed by atoms with Gasteiger partial charge in [0.15, 0.2) is 0 Å². The summed E-state index contributed by atoms with van der Waals surface area (Å²) >= 11 is 4.03. The highest BCUT2D eigenvalue weighted by molar-refractivity contribution is 9.09. The Balaban J connectivity index is 1.77.